The number of hydrogen-bond acceptors (Lipinski definition) is 3. The van der Waals surface area contributed by atoms with Gasteiger partial charge in [-0.3, -0.25) is 4.90 Å². The zero-order valence-electron chi connectivity index (χ0n) is 12.2. The molecule has 3 nitrogen and oxygen atoms in total. The van der Waals surface area contributed by atoms with Crippen molar-refractivity contribution in [1.29, 1.82) is 0 Å². The number of benzene rings is 1. The maximum atomic E-state index is 10.4. The van der Waals surface area contributed by atoms with Gasteiger partial charge < -0.3 is 10.4 Å². The maximum Gasteiger partial charge on any atom is 0.140 e. The van der Waals surface area contributed by atoms with Crippen LogP contribution >= 0.6 is 48.0 Å². The average molecular weight is 388 g/mol. The highest BCUT2D eigenvalue weighted by Crippen LogP contribution is 2.46. The van der Waals surface area contributed by atoms with Gasteiger partial charge in [-0.2, -0.15) is 0 Å². The summed E-state index contributed by atoms with van der Waals surface area (Å²) < 4.78 is 0. The number of rotatable bonds is 3. The number of aromatic hydroxyl groups is 1. The Balaban J connectivity index is 0.00000121. The van der Waals surface area contributed by atoms with Crippen molar-refractivity contribution < 1.29 is 5.11 Å². The van der Waals surface area contributed by atoms with Gasteiger partial charge in [0, 0.05) is 37.8 Å². The second-order valence-electron chi connectivity index (χ2n) is 5.72. The molecular weight excluding hydrogens is 366 g/mol. The third-order valence-electron chi connectivity index (χ3n) is 4.56. The van der Waals surface area contributed by atoms with Crippen molar-refractivity contribution in [2.24, 2.45) is 5.92 Å². The van der Waals surface area contributed by atoms with Crippen molar-refractivity contribution in [2.75, 3.05) is 26.2 Å². The van der Waals surface area contributed by atoms with Crippen molar-refractivity contribution in [3.63, 3.8) is 0 Å². The van der Waals surface area contributed by atoms with Gasteiger partial charge in [0.2, 0.25) is 0 Å². The quantitative estimate of drug-likeness (QED) is 0.811. The molecule has 0 bridgehead atoms. The number of halogens is 4. The third kappa shape index (κ3) is 3.95. The van der Waals surface area contributed by atoms with Crippen LogP contribution in [0, 0.1) is 5.92 Å². The molecule has 1 heterocycles. The first-order valence-electron chi connectivity index (χ1n) is 7.30. The lowest BCUT2D eigenvalue weighted by Gasteiger charge is -2.43. The number of piperazine rings is 1. The van der Waals surface area contributed by atoms with E-state index in [2.05, 4.69) is 10.2 Å². The molecule has 7 heteroatoms. The fraction of sp³-hybridized carbons (Fsp3) is 0.600. The van der Waals surface area contributed by atoms with Gasteiger partial charge in [0.25, 0.3) is 0 Å². The van der Waals surface area contributed by atoms with E-state index in [4.69, 9.17) is 23.2 Å². The molecular formula is C15H22Cl4N2O. The summed E-state index contributed by atoms with van der Waals surface area (Å²) in [7, 11) is 0. The Hall–Kier alpha value is 0.1000. The largest absolute Gasteiger partial charge is 0.506 e. The van der Waals surface area contributed by atoms with Gasteiger partial charge in [-0.05, 0) is 24.8 Å². The van der Waals surface area contributed by atoms with Crippen molar-refractivity contribution in [1.82, 2.24) is 10.2 Å². The summed E-state index contributed by atoms with van der Waals surface area (Å²) in [6, 6.07) is 4.00. The van der Waals surface area contributed by atoms with E-state index in [0.29, 0.717) is 10.9 Å². The van der Waals surface area contributed by atoms with Gasteiger partial charge in [-0.15, -0.1) is 24.8 Å². The zero-order valence-corrected chi connectivity index (χ0v) is 15.4. The lowest BCUT2D eigenvalue weighted by Crippen LogP contribution is -2.47. The highest BCUT2D eigenvalue weighted by atomic mass is 35.5. The van der Waals surface area contributed by atoms with Gasteiger partial charge in [0.05, 0.1) is 5.02 Å². The van der Waals surface area contributed by atoms with E-state index in [1.807, 2.05) is 6.07 Å². The number of phenols is 1. The van der Waals surface area contributed by atoms with Crippen LogP contribution in [-0.4, -0.2) is 36.2 Å². The average Bonchev–Trinajstić information content (AvgIpc) is 2.42. The molecule has 1 aliphatic heterocycles. The zero-order chi connectivity index (χ0) is 14.1. The first-order chi connectivity index (χ1) is 9.68. The second-order valence-corrected chi connectivity index (χ2v) is 6.51. The van der Waals surface area contributed by atoms with Crippen LogP contribution in [0.4, 0.5) is 0 Å². The van der Waals surface area contributed by atoms with Crippen LogP contribution < -0.4 is 5.32 Å². The third-order valence-corrected chi connectivity index (χ3v) is 5.35. The maximum absolute atomic E-state index is 10.4. The summed E-state index contributed by atoms with van der Waals surface area (Å²) in [4.78, 5) is 2.47. The highest BCUT2D eigenvalue weighted by Gasteiger charge is 2.35. The van der Waals surface area contributed by atoms with Crippen LogP contribution in [0.15, 0.2) is 12.1 Å². The molecule has 2 fully saturated rings. The van der Waals surface area contributed by atoms with Crippen molar-refractivity contribution >= 4 is 48.0 Å². The molecule has 1 aromatic rings. The van der Waals surface area contributed by atoms with E-state index in [1.165, 1.54) is 19.3 Å². The predicted octanol–water partition coefficient (Wildman–Crippen LogP) is 4.29. The molecule has 0 radical (unpaired) electrons. The smallest absolute Gasteiger partial charge is 0.140 e. The Labute approximate surface area is 154 Å². The van der Waals surface area contributed by atoms with E-state index in [0.717, 1.165) is 31.7 Å². The van der Waals surface area contributed by atoms with Gasteiger partial charge in [-0.1, -0.05) is 35.7 Å². The Morgan fingerprint density at radius 2 is 1.77 bits per heavy atom. The second kappa shape index (κ2) is 8.81. The molecule has 2 N–H and O–H groups in total. The van der Waals surface area contributed by atoms with Gasteiger partial charge in [0.1, 0.15) is 10.8 Å². The van der Waals surface area contributed by atoms with Crippen molar-refractivity contribution in [3.8, 4) is 5.75 Å². The Kier molecular flexibility index (Phi) is 8.07. The molecule has 126 valence electrons. The fourth-order valence-electron chi connectivity index (χ4n) is 3.26. The van der Waals surface area contributed by atoms with Gasteiger partial charge >= 0.3 is 0 Å². The van der Waals surface area contributed by atoms with E-state index < -0.39 is 0 Å². The first-order valence-corrected chi connectivity index (χ1v) is 8.05. The Morgan fingerprint density at radius 3 is 2.32 bits per heavy atom. The Bertz CT molecular complexity index is 491. The molecule has 2 aliphatic rings. The van der Waals surface area contributed by atoms with Gasteiger partial charge in [0.15, 0.2) is 0 Å². The minimum atomic E-state index is 0. The van der Waals surface area contributed by atoms with Gasteiger partial charge in [-0.25, -0.2) is 0 Å². The number of phenolic OH excluding ortho intramolecular Hbond substituents is 1. The summed E-state index contributed by atoms with van der Waals surface area (Å²) in [5.74, 6) is 0.783. The molecule has 22 heavy (non-hydrogen) atoms. The summed E-state index contributed by atoms with van der Waals surface area (Å²) in [5, 5.41) is 14.5. The fourth-order valence-corrected chi connectivity index (χ4v) is 3.58. The first kappa shape index (κ1) is 20.1. The SMILES string of the molecule is Cl.Cl.Oc1c([C@H](C2CCC2)N2CCNCC2)ccc(Cl)c1Cl. The molecule has 3 rings (SSSR count). The van der Waals surface area contributed by atoms with Crippen LogP contribution in [0.2, 0.25) is 10.0 Å². The molecule has 0 unspecified atom stereocenters. The molecule has 1 saturated heterocycles. The van der Waals surface area contributed by atoms with E-state index in [1.54, 1.807) is 6.07 Å². The van der Waals surface area contributed by atoms with E-state index in [-0.39, 0.29) is 41.6 Å². The molecule has 1 saturated carbocycles. The van der Waals surface area contributed by atoms with Crippen LogP contribution in [-0.2, 0) is 0 Å². The minimum absolute atomic E-state index is 0. The summed E-state index contributed by atoms with van der Waals surface area (Å²) in [5.41, 5.74) is 0.936. The van der Waals surface area contributed by atoms with Crippen molar-refractivity contribution in [2.45, 2.75) is 25.3 Å². The van der Waals surface area contributed by atoms with Crippen LogP contribution in [0.3, 0.4) is 0 Å². The monoisotopic (exact) mass is 386 g/mol. The normalized spacial score (nSPS) is 20.5. The standard InChI is InChI=1S/C15H20Cl2N2O.2ClH/c16-12-5-4-11(15(20)13(12)17)14(10-2-1-3-10)19-8-6-18-7-9-19;;/h4-5,10,14,18,20H,1-3,6-9H2;2*1H/t14-;;/m0../s1. The van der Waals surface area contributed by atoms with E-state index >= 15 is 0 Å². The van der Waals surface area contributed by atoms with Crippen LogP contribution in [0.5, 0.6) is 5.75 Å². The molecule has 1 aromatic carbocycles. The van der Waals surface area contributed by atoms with E-state index in [9.17, 15) is 5.11 Å². The Morgan fingerprint density at radius 1 is 1.14 bits per heavy atom. The summed E-state index contributed by atoms with van der Waals surface area (Å²) >= 11 is 12.1. The minimum Gasteiger partial charge on any atom is -0.506 e. The lowest BCUT2D eigenvalue weighted by molar-refractivity contribution is 0.0819. The summed E-state index contributed by atoms with van der Waals surface area (Å²) in [6.07, 6.45) is 3.75. The molecule has 1 aliphatic carbocycles. The number of hydrogen-bond donors (Lipinski definition) is 2. The molecule has 0 spiro atoms. The van der Waals surface area contributed by atoms with Crippen LogP contribution in [0.25, 0.3) is 0 Å². The van der Waals surface area contributed by atoms with Crippen LogP contribution in [0.1, 0.15) is 30.9 Å². The number of nitrogens with one attached hydrogen (secondary N) is 1. The molecule has 1 atom stereocenters. The topological polar surface area (TPSA) is 35.5 Å². The predicted molar refractivity (Wildman–Crippen MR) is 97.1 cm³/mol. The highest BCUT2D eigenvalue weighted by molar-refractivity contribution is 6.43. The summed E-state index contributed by atoms with van der Waals surface area (Å²) in [6.45, 7) is 4.04. The molecule has 0 amide bonds. The number of nitrogens with zero attached hydrogens (tertiary/aromatic N) is 1. The lowest BCUT2D eigenvalue weighted by atomic mass is 9.76. The van der Waals surface area contributed by atoms with Crippen molar-refractivity contribution in [3.05, 3.63) is 27.7 Å². The molecule has 0 aromatic heterocycles.